The number of Topliss-reactive ketones (excluding diaryl/α,β-unsaturated/α-hetero) is 1. The molecule has 5 aliphatic rings. The summed E-state index contributed by atoms with van der Waals surface area (Å²) < 4.78 is 12.7. The van der Waals surface area contributed by atoms with E-state index in [-0.39, 0.29) is 57.8 Å². The van der Waals surface area contributed by atoms with Crippen molar-refractivity contribution in [2.45, 2.75) is 152 Å². The second kappa shape index (κ2) is 16.7. The number of fused-ring (bicyclic) bond motifs is 7. The Hall–Kier alpha value is -2.75. The monoisotopic (exact) mass is 851 g/mol. The summed E-state index contributed by atoms with van der Waals surface area (Å²) in [6.07, 6.45) is 7.08. The Balaban J connectivity index is 1.34. The van der Waals surface area contributed by atoms with Crippen LogP contribution in [0.4, 0.5) is 0 Å². The molecule has 1 aromatic rings. The Morgan fingerprint density at radius 2 is 1.63 bits per heavy atom. The third kappa shape index (κ3) is 8.15. The van der Waals surface area contributed by atoms with Crippen LogP contribution in [0.15, 0.2) is 35.4 Å². The van der Waals surface area contributed by atoms with Gasteiger partial charge in [-0.05, 0) is 148 Å². The van der Waals surface area contributed by atoms with Crippen LogP contribution < -0.4 is 0 Å². The van der Waals surface area contributed by atoms with Gasteiger partial charge in [0.05, 0.1) is 11.8 Å². The molecule has 0 amide bonds. The molecule has 0 aliphatic heterocycles. The summed E-state index contributed by atoms with van der Waals surface area (Å²) >= 11 is 6.46. The Kier molecular flexibility index (Phi) is 13.0. The molecule has 0 unspecified atom stereocenters. The number of likely N-dealkylation sites (N-methyl/N-ethyl adjacent to an activating group) is 1. The number of hydrogen-bond donors (Lipinski definition) is 1. The quantitative estimate of drug-likeness (QED) is 0.183. The van der Waals surface area contributed by atoms with E-state index in [0.717, 1.165) is 75.6 Å². The van der Waals surface area contributed by atoms with Gasteiger partial charge in [0, 0.05) is 55.4 Å². The van der Waals surface area contributed by atoms with Gasteiger partial charge in [-0.3, -0.25) is 24.1 Å². The van der Waals surface area contributed by atoms with Crippen LogP contribution in [0.25, 0.3) is 0 Å². The van der Waals surface area contributed by atoms with E-state index in [1.165, 1.54) is 12.5 Å². The number of hydrogen-bond acceptors (Lipinski definition) is 8. The third-order valence-corrected chi connectivity index (χ3v) is 17.6. The van der Waals surface area contributed by atoms with Gasteiger partial charge in [0.15, 0.2) is 5.78 Å². The second-order valence-corrected chi connectivity index (χ2v) is 22.8. The van der Waals surface area contributed by atoms with Gasteiger partial charge < -0.3 is 19.5 Å². The summed E-state index contributed by atoms with van der Waals surface area (Å²) in [5.74, 6) is -0.472. The first kappa shape index (κ1) is 46.7. The highest BCUT2D eigenvalue weighted by molar-refractivity contribution is 6.30. The summed E-state index contributed by atoms with van der Waals surface area (Å²) in [4.78, 5) is 57.4. The molecule has 4 saturated carbocycles. The number of halogens is 1. The molecule has 0 heterocycles. The Morgan fingerprint density at radius 1 is 0.933 bits per heavy atom. The average molecular weight is 852 g/mol. The molecule has 9 nitrogen and oxygen atoms in total. The number of allylic oxidation sites excluding steroid dienone is 1. The van der Waals surface area contributed by atoms with Crippen molar-refractivity contribution < 1.29 is 33.8 Å². The predicted molar refractivity (Wildman–Crippen MR) is 236 cm³/mol. The van der Waals surface area contributed by atoms with Crippen LogP contribution in [0.5, 0.6) is 0 Å². The Labute approximate surface area is 365 Å². The fourth-order valence-electron chi connectivity index (χ4n) is 14.1. The molecule has 60 heavy (non-hydrogen) atoms. The highest BCUT2D eigenvalue weighted by Gasteiger charge is 2.71. The molecule has 0 spiro atoms. The molecule has 0 aromatic heterocycles. The first-order valence-corrected chi connectivity index (χ1v) is 23.2. The maximum atomic E-state index is 14.6. The molecular formula is C50H75ClN2O7. The number of esters is 2. The van der Waals surface area contributed by atoms with Crippen molar-refractivity contribution in [3.05, 3.63) is 46.0 Å². The predicted octanol–water partition coefficient (Wildman–Crippen LogP) is 10.0. The lowest BCUT2D eigenvalue weighted by molar-refractivity contribution is -0.235. The summed E-state index contributed by atoms with van der Waals surface area (Å²) in [5.41, 5.74) is 1.30. The van der Waals surface area contributed by atoms with Crippen molar-refractivity contribution in [3.8, 4) is 0 Å². The zero-order valence-corrected chi connectivity index (χ0v) is 39.6. The van der Waals surface area contributed by atoms with Crippen LogP contribution in [0.3, 0.4) is 0 Å². The minimum Gasteiger partial charge on any atom is -0.481 e. The Bertz CT molecular complexity index is 1870. The van der Waals surface area contributed by atoms with Crippen molar-refractivity contribution in [2.24, 2.45) is 56.2 Å². The van der Waals surface area contributed by atoms with Crippen molar-refractivity contribution in [2.75, 3.05) is 33.7 Å². The minimum absolute atomic E-state index is 0.000408. The van der Waals surface area contributed by atoms with Crippen LogP contribution >= 0.6 is 11.6 Å². The maximum absolute atomic E-state index is 14.6. The van der Waals surface area contributed by atoms with Crippen LogP contribution in [0, 0.1) is 56.2 Å². The van der Waals surface area contributed by atoms with Crippen molar-refractivity contribution in [1.29, 1.82) is 0 Å². The van der Waals surface area contributed by atoms with Gasteiger partial charge in [-0.25, -0.2) is 0 Å². The number of aliphatic carboxylic acids is 1. The molecule has 10 heteroatoms. The lowest BCUT2D eigenvalue weighted by Gasteiger charge is -2.72. The number of ether oxygens (including phenoxy) is 2. The van der Waals surface area contributed by atoms with E-state index in [1.54, 1.807) is 13.8 Å². The number of benzene rings is 1. The van der Waals surface area contributed by atoms with Crippen LogP contribution in [0.2, 0.25) is 5.02 Å². The van der Waals surface area contributed by atoms with E-state index in [9.17, 15) is 24.3 Å². The molecule has 6 rings (SSSR count). The van der Waals surface area contributed by atoms with Gasteiger partial charge in [0.2, 0.25) is 0 Å². The Morgan fingerprint density at radius 3 is 2.25 bits per heavy atom. The summed E-state index contributed by atoms with van der Waals surface area (Å²) in [7, 11) is 4.15. The molecule has 1 aromatic carbocycles. The van der Waals surface area contributed by atoms with E-state index >= 15 is 0 Å². The van der Waals surface area contributed by atoms with Gasteiger partial charge in [-0.15, -0.1) is 0 Å². The fourth-order valence-corrected chi connectivity index (χ4v) is 14.3. The van der Waals surface area contributed by atoms with E-state index in [1.807, 2.05) is 18.2 Å². The normalized spacial score (nSPS) is 34.2. The van der Waals surface area contributed by atoms with Crippen LogP contribution in [-0.2, 0) is 35.2 Å². The SMILES string of the molecule is CC(=O)O[C@H](CN(CCN(C)C)Cc1cccc(Cl)c1)[C@]12CC[C@]3(C)[C@H](CC[C@@H]4[C@@]5(C)CC[C@H](OC(=O)CC(C)(C)C(=O)O)C(C)(C)[C@@H]5CC[C@]43C)C1=C(C(C)C)C(=O)C2. The number of ketones is 1. The number of carboxylic acid groups (broad SMARTS) is 1. The lowest BCUT2D eigenvalue weighted by atomic mass is 9.33. The zero-order chi connectivity index (χ0) is 44.4. The third-order valence-electron chi connectivity index (χ3n) is 17.4. The number of carbonyl (C=O) groups excluding carboxylic acids is 3. The minimum atomic E-state index is -1.18. The molecule has 4 fully saturated rings. The molecular weight excluding hydrogens is 776 g/mol. The van der Waals surface area contributed by atoms with Crippen LogP contribution in [0.1, 0.15) is 139 Å². The number of carboxylic acids is 1. The van der Waals surface area contributed by atoms with Gasteiger partial charge >= 0.3 is 17.9 Å². The van der Waals surface area contributed by atoms with E-state index in [4.69, 9.17) is 21.1 Å². The van der Waals surface area contributed by atoms with Crippen molar-refractivity contribution in [1.82, 2.24) is 9.80 Å². The van der Waals surface area contributed by atoms with E-state index < -0.39 is 28.9 Å². The smallest absolute Gasteiger partial charge is 0.309 e. The molecule has 5 aliphatic carbocycles. The van der Waals surface area contributed by atoms with Gasteiger partial charge in [-0.1, -0.05) is 72.2 Å². The molecule has 334 valence electrons. The van der Waals surface area contributed by atoms with Crippen LogP contribution in [-0.4, -0.2) is 84.5 Å². The summed E-state index contributed by atoms with van der Waals surface area (Å²) in [6.45, 7) is 24.0. The largest absolute Gasteiger partial charge is 0.481 e. The van der Waals surface area contributed by atoms with E-state index in [0.29, 0.717) is 36.4 Å². The standard InChI is InChI=1S/C50H75ClN2O7/c1-31(2)42-36(55)27-50(40(59-32(3)54)30-53(25-24-52(11)12)29-33-14-13-15-34(51)26-33)23-22-48(9)35(43(42)50)16-17-38-47(8)20-19-39(60-41(56)28-45(4,5)44(57)58)46(6,7)37(47)18-21-49(38,48)10/h13-15,26,31,35,37-40H,16-25,27-30H2,1-12H3,(H,57,58)/t35-,37+,38-,39+,40-,47+,48-,49-,50-/m1/s1. The number of rotatable bonds is 14. The molecule has 9 atom stereocenters. The number of nitrogens with zero attached hydrogens (tertiary/aromatic N) is 2. The zero-order valence-electron chi connectivity index (χ0n) is 38.8. The highest BCUT2D eigenvalue weighted by atomic mass is 35.5. The second-order valence-electron chi connectivity index (χ2n) is 22.3. The molecule has 0 radical (unpaired) electrons. The van der Waals surface area contributed by atoms with Gasteiger partial charge in [0.1, 0.15) is 12.2 Å². The molecule has 0 bridgehead atoms. The van der Waals surface area contributed by atoms with Gasteiger partial charge in [-0.2, -0.15) is 0 Å². The van der Waals surface area contributed by atoms with E-state index in [2.05, 4.69) is 78.4 Å². The summed E-state index contributed by atoms with van der Waals surface area (Å²) in [5, 5.41) is 10.4. The van der Waals surface area contributed by atoms with Gasteiger partial charge in [0.25, 0.3) is 0 Å². The number of carbonyl (C=O) groups is 4. The summed E-state index contributed by atoms with van der Waals surface area (Å²) in [6, 6.07) is 7.98. The average Bonchev–Trinajstić information content (AvgIpc) is 3.44. The topological polar surface area (TPSA) is 113 Å². The molecule has 0 saturated heterocycles. The first-order chi connectivity index (χ1) is 27.8. The van der Waals surface area contributed by atoms with Crippen molar-refractivity contribution >= 4 is 35.3 Å². The first-order valence-electron chi connectivity index (χ1n) is 22.8. The lowest BCUT2D eigenvalue weighted by Crippen LogP contribution is -2.66. The highest BCUT2D eigenvalue weighted by Crippen LogP contribution is 2.77. The fraction of sp³-hybridized carbons (Fsp3) is 0.760. The maximum Gasteiger partial charge on any atom is 0.309 e. The molecule has 1 N–H and O–H groups in total. The van der Waals surface area contributed by atoms with Crippen molar-refractivity contribution in [3.63, 3.8) is 0 Å².